The minimum Gasteiger partial charge on any atom is -0.348 e. The second kappa shape index (κ2) is 6.91. The predicted molar refractivity (Wildman–Crippen MR) is 85.7 cm³/mol. The lowest BCUT2D eigenvalue weighted by molar-refractivity contribution is -0.116. The van der Waals surface area contributed by atoms with Crippen LogP contribution in [0.4, 0.5) is 5.69 Å². The zero-order valence-electron chi connectivity index (χ0n) is 11.8. The van der Waals surface area contributed by atoms with Crippen LogP contribution in [-0.4, -0.2) is 14.3 Å². The molecular weight excluding hydrogens is 300 g/mol. The van der Waals surface area contributed by atoms with Gasteiger partial charge in [-0.15, -0.1) is 0 Å². The number of anilines is 1. The Hall–Kier alpha value is -2.60. The quantitative estimate of drug-likeness (QED) is 0.803. The highest BCUT2D eigenvalue weighted by Gasteiger charge is 2.15. The summed E-state index contributed by atoms with van der Waals surface area (Å²) < 4.78 is 27.2. The molecule has 0 saturated carbocycles. The summed E-state index contributed by atoms with van der Waals surface area (Å²) >= 11 is 0. The van der Waals surface area contributed by atoms with Crippen LogP contribution in [0.5, 0.6) is 0 Å². The van der Waals surface area contributed by atoms with Crippen molar-refractivity contribution >= 4 is 21.6 Å². The van der Waals surface area contributed by atoms with E-state index in [1.807, 2.05) is 0 Å². The molecule has 0 saturated heterocycles. The third-order valence-corrected chi connectivity index (χ3v) is 4.34. The highest BCUT2D eigenvalue weighted by atomic mass is 32.2. The molecule has 0 aliphatic heterocycles. The van der Waals surface area contributed by atoms with Crippen molar-refractivity contribution < 1.29 is 13.2 Å². The van der Waals surface area contributed by atoms with Gasteiger partial charge in [-0.05, 0) is 29.8 Å². The molecule has 2 aromatic carbocycles. The van der Waals surface area contributed by atoms with E-state index in [2.05, 4.69) is 16.6 Å². The van der Waals surface area contributed by atoms with Crippen LogP contribution in [0.2, 0.25) is 0 Å². The van der Waals surface area contributed by atoms with E-state index in [0.29, 0.717) is 11.3 Å². The summed E-state index contributed by atoms with van der Waals surface area (Å²) in [4.78, 5) is 11.4. The molecule has 1 amide bonds. The number of amides is 1. The number of para-hydroxylation sites is 1. The Balaban J connectivity index is 2.23. The van der Waals surface area contributed by atoms with Crippen LogP contribution in [0.25, 0.3) is 0 Å². The molecule has 114 valence electrons. The zero-order valence-corrected chi connectivity index (χ0v) is 12.6. The van der Waals surface area contributed by atoms with E-state index in [9.17, 15) is 13.2 Å². The number of rotatable bonds is 6. The lowest BCUT2D eigenvalue weighted by atomic mass is 10.2. The Morgan fingerprint density at radius 1 is 1.05 bits per heavy atom. The molecule has 2 N–H and O–H groups in total. The Bertz CT molecular complexity index is 771. The van der Waals surface area contributed by atoms with Gasteiger partial charge in [0.2, 0.25) is 5.91 Å². The van der Waals surface area contributed by atoms with Crippen LogP contribution in [0.15, 0.2) is 72.1 Å². The maximum Gasteiger partial charge on any atom is 0.261 e. The summed E-state index contributed by atoms with van der Waals surface area (Å²) in [6.07, 6.45) is 1.16. The van der Waals surface area contributed by atoms with Gasteiger partial charge in [-0.3, -0.25) is 9.52 Å². The van der Waals surface area contributed by atoms with Crippen molar-refractivity contribution in [1.29, 1.82) is 0 Å². The first-order valence-corrected chi connectivity index (χ1v) is 8.07. The molecule has 6 heteroatoms. The molecule has 0 heterocycles. The number of hydrogen-bond donors (Lipinski definition) is 2. The fourth-order valence-electron chi connectivity index (χ4n) is 1.83. The summed E-state index contributed by atoms with van der Waals surface area (Å²) in [5, 5.41) is 2.62. The first-order valence-electron chi connectivity index (χ1n) is 6.59. The van der Waals surface area contributed by atoms with E-state index in [-0.39, 0.29) is 17.3 Å². The van der Waals surface area contributed by atoms with Gasteiger partial charge in [0.25, 0.3) is 10.0 Å². The van der Waals surface area contributed by atoms with E-state index < -0.39 is 10.0 Å². The summed E-state index contributed by atoms with van der Waals surface area (Å²) in [7, 11) is -3.66. The van der Waals surface area contributed by atoms with Crippen LogP contribution in [0, 0.1) is 0 Å². The van der Waals surface area contributed by atoms with Gasteiger partial charge in [0.1, 0.15) is 0 Å². The molecule has 2 rings (SSSR count). The van der Waals surface area contributed by atoms with Gasteiger partial charge >= 0.3 is 0 Å². The van der Waals surface area contributed by atoms with E-state index in [1.54, 1.807) is 42.5 Å². The number of carbonyl (C=O) groups is 1. The molecule has 0 spiro atoms. The SMILES string of the molecule is C=CC(=O)NCc1ccccc1NS(=O)(=O)c1ccccc1. The molecule has 0 aliphatic rings. The van der Waals surface area contributed by atoms with Crippen LogP contribution in [-0.2, 0) is 21.4 Å². The Kier molecular flexibility index (Phi) is 4.95. The standard InChI is InChI=1S/C16H16N2O3S/c1-2-16(19)17-12-13-8-6-7-11-15(13)18-22(20,21)14-9-4-3-5-10-14/h2-11,18H,1,12H2,(H,17,19). The Labute approximate surface area is 129 Å². The van der Waals surface area contributed by atoms with E-state index in [1.165, 1.54) is 12.1 Å². The molecule has 22 heavy (non-hydrogen) atoms. The normalized spacial score (nSPS) is 10.7. The van der Waals surface area contributed by atoms with E-state index >= 15 is 0 Å². The van der Waals surface area contributed by atoms with Crippen molar-refractivity contribution in [3.8, 4) is 0 Å². The molecule has 5 nitrogen and oxygen atoms in total. The molecule has 0 fully saturated rings. The van der Waals surface area contributed by atoms with Gasteiger partial charge in [0.15, 0.2) is 0 Å². The third kappa shape index (κ3) is 3.95. The van der Waals surface area contributed by atoms with Crippen molar-refractivity contribution in [3.05, 3.63) is 72.8 Å². The highest BCUT2D eigenvalue weighted by molar-refractivity contribution is 7.92. The Morgan fingerprint density at radius 2 is 1.68 bits per heavy atom. The lowest BCUT2D eigenvalue weighted by Crippen LogP contribution is -2.21. The average molecular weight is 316 g/mol. The third-order valence-electron chi connectivity index (χ3n) is 2.95. The molecule has 0 radical (unpaired) electrons. The van der Waals surface area contributed by atoms with Crippen LogP contribution >= 0.6 is 0 Å². The largest absolute Gasteiger partial charge is 0.348 e. The highest BCUT2D eigenvalue weighted by Crippen LogP contribution is 2.19. The van der Waals surface area contributed by atoms with Gasteiger partial charge < -0.3 is 5.32 Å². The van der Waals surface area contributed by atoms with Crippen molar-refractivity contribution in [3.63, 3.8) is 0 Å². The minimum absolute atomic E-state index is 0.180. The molecule has 0 aromatic heterocycles. The van der Waals surface area contributed by atoms with Crippen molar-refractivity contribution in [1.82, 2.24) is 5.32 Å². The Morgan fingerprint density at radius 3 is 2.36 bits per heavy atom. The topological polar surface area (TPSA) is 75.3 Å². The molecule has 0 aliphatic carbocycles. The fraction of sp³-hybridized carbons (Fsp3) is 0.0625. The summed E-state index contributed by atoms with van der Waals surface area (Å²) in [5.74, 6) is -0.319. The summed E-state index contributed by atoms with van der Waals surface area (Å²) in [5.41, 5.74) is 1.09. The van der Waals surface area contributed by atoms with Gasteiger partial charge in [0.05, 0.1) is 10.6 Å². The van der Waals surface area contributed by atoms with Crippen molar-refractivity contribution in [2.45, 2.75) is 11.4 Å². The maximum atomic E-state index is 12.3. The van der Waals surface area contributed by atoms with E-state index in [0.717, 1.165) is 6.08 Å². The average Bonchev–Trinajstić information content (AvgIpc) is 2.54. The molecular formula is C16H16N2O3S. The number of carbonyl (C=O) groups excluding carboxylic acids is 1. The first kappa shape index (κ1) is 15.8. The monoisotopic (exact) mass is 316 g/mol. The number of benzene rings is 2. The van der Waals surface area contributed by atoms with Gasteiger partial charge in [0, 0.05) is 6.54 Å². The van der Waals surface area contributed by atoms with Crippen molar-refractivity contribution in [2.75, 3.05) is 4.72 Å². The zero-order chi connectivity index (χ0) is 16.0. The summed E-state index contributed by atoms with van der Waals surface area (Å²) in [6, 6.07) is 15.0. The predicted octanol–water partition coefficient (Wildman–Crippen LogP) is 2.29. The van der Waals surface area contributed by atoms with Gasteiger partial charge in [-0.25, -0.2) is 8.42 Å². The second-order valence-electron chi connectivity index (χ2n) is 4.50. The minimum atomic E-state index is -3.66. The molecule has 0 atom stereocenters. The molecule has 0 unspecified atom stereocenters. The number of nitrogens with one attached hydrogen (secondary N) is 2. The van der Waals surface area contributed by atoms with Crippen molar-refractivity contribution in [2.24, 2.45) is 0 Å². The fourth-order valence-corrected chi connectivity index (χ4v) is 2.95. The number of hydrogen-bond acceptors (Lipinski definition) is 3. The van der Waals surface area contributed by atoms with Gasteiger partial charge in [-0.2, -0.15) is 0 Å². The maximum absolute atomic E-state index is 12.3. The first-order chi connectivity index (χ1) is 10.5. The second-order valence-corrected chi connectivity index (χ2v) is 6.18. The lowest BCUT2D eigenvalue weighted by Gasteiger charge is -2.13. The van der Waals surface area contributed by atoms with Crippen LogP contribution < -0.4 is 10.0 Å². The van der Waals surface area contributed by atoms with Crippen LogP contribution in [0.3, 0.4) is 0 Å². The number of sulfonamides is 1. The summed E-state index contributed by atoms with van der Waals surface area (Å²) in [6.45, 7) is 3.58. The van der Waals surface area contributed by atoms with E-state index in [4.69, 9.17) is 0 Å². The molecule has 2 aromatic rings. The smallest absolute Gasteiger partial charge is 0.261 e. The molecule has 0 bridgehead atoms. The van der Waals surface area contributed by atoms with Crippen LogP contribution in [0.1, 0.15) is 5.56 Å². The van der Waals surface area contributed by atoms with Gasteiger partial charge in [-0.1, -0.05) is 43.0 Å².